The van der Waals surface area contributed by atoms with Crippen molar-refractivity contribution in [2.45, 2.75) is 12.7 Å². The van der Waals surface area contributed by atoms with Crippen molar-refractivity contribution in [1.29, 1.82) is 0 Å². The summed E-state index contributed by atoms with van der Waals surface area (Å²) in [5, 5.41) is 0. The number of aromatic nitrogens is 2. The van der Waals surface area contributed by atoms with E-state index in [0.29, 0.717) is 5.69 Å². The van der Waals surface area contributed by atoms with E-state index in [1.165, 1.54) is 0 Å². The number of pyridine rings is 1. The second kappa shape index (κ2) is 3.50. The second-order valence-corrected chi connectivity index (χ2v) is 6.03. The molecular formula is C9H9ClN2O2S. The van der Waals surface area contributed by atoms with Gasteiger partial charge in [0, 0.05) is 22.6 Å². The summed E-state index contributed by atoms with van der Waals surface area (Å²) in [6.45, 7) is 1.82. The minimum Gasteiger partial charge on any atom is -0.304 e. The normalized spacial score (nSPS) is 12.1. The quantitative estimate of drug-likeness (QED) is 0.756. The Hall–Kier alpha value is -1.07. The third-order valence-corrected chi connectivity index (χ3v) is 3.12. The average molecular weight is 245 g/mol. The van der Waals surface area contributed by atoms with Gasteiger partial charge in [-0.15, -0.1) is 0 Å². The third kappa shape index (κ3) is 2.13. The molecule has 0 spiro atoms. The Morgan fingerprint density at radius 2 is 2.20 bits per heavy atom. The Kier molecular flexibility index (Phi) is 2.44. The monoisotopic (exact) mass is 244 g/mol. The van der Waals surface area contributed by atoms with Gasteiger partial charge in [0.1, 0.15) is 11.4 Å². The van der Waals surface area contributed by atoms with Crippen LogP contribution in [-0.4, -0.2) is 17.8 Å². The minimum absolute atomic E-state index is 0.234. The highest BCUT2D eigenvalue weighted by Crippen LogP contribution is 2.15. The molecule has 6 heteroatoms. The number of hydrogen-bond acceptors (Lipinski definition) is 3. The van der Waals surface area contributed by atoms with E-state index in [4.69, 9.17) is 10.7 Å². The van der Waals surface area contributed by atoms with Gasteiger partial charge in [-0.3, -0.25) is 0 Å². The molecule has 0 amide bonds. The first-order chi connectivity index (χ1) is 6.97. The smallest absolute Gasteiger partial charge is 0.238 e. The van der Waals surface area contributed by atoms with Crippen molar-refractivity contribution in [3.05, 3.63) is 35.8 Å². The molecule has 0 aromatic carbocycles. The van der Waals surface area contributed by atoms with Crippen LogP contribution in [0.25, 0.3) is 5.65 Å². The van der Waals surface area contributed by atoms with Gasteiger partial charge >= 0.3 is 0 Å². The lowest BCUT2D eigenvalue weighted by Crippen LogP contribution is -1.97. The van der Waals surface area contributed by atoms with Gasteiger partial charge in [-0.25, -0.2) is 13.4 Å². The average Bonchev–Trinajstić information content (AvgIpc) is 2.42. The molecule has 2 aromatic rings. The van der Waals surface area contributed by atoms with Crippen LogP contribution in [0.1, 0.15) is 11.4 Å². The van der Waals surface area contributed by atoms with Crippen molar-refractivity contribution in [2.75, 3.05) is 0 Å². The molecule has 0 fully saturated rings. The number of aryl methyl sites for hydroxylation is 1. The summed E-state index contributed by atoms with van der Waals surface area (Å²) < 4.78 is 23.7. The van der Waals surface area contributed by atoms with Gasteiger partial charge in [-0.1, -0.05) is 6.07 Å². The van der Waals surface area contributed by atoms with Crippen LogP contribution in [0.4, 0.5) is 0 Å². The van der Waals surface area contributed by atoms with Crippen LogP contribution in [0.2, 0.25) is 0 Å². The van der Waals surface area contributed by atoms with Crippen molar-refractivity contribution in [2.24, 2.45) is 0 Å². The Morgan fingerprint density at radius 1 is 1.47 bits per heavy atom. The van der Waals surface area contributed by atoms with E-state index in [1.807, 2.05) is 35.7 Å². The molecule has 0 atom stereocenters. The zero-order valence-corrected chi connectivity index (χ0v) is 9.59. The van der Waals surface area contributed by atoms with E-state index in [9.17, 15) is 8.42 Å². The fourth-order valence-electron chi connectivity index (χ4n) is 1.47. The van der Waals surface area contributed by atoms with Crippen LogP contribution in [0, 0.1) is 6.92 Å². The molecule has 2 aromatic heterocycles. The fraction of sp³-hybridized carbons (Fsp3) is 0.222. The van der Waals surface area contributed by atoms with E-state index in [0.717, 1.165) is 11.3 Å². The Morgan fingerprint density at radius 3 is 2.80 bits per heavy atom. The van der Waals surface area contributed by atoms with Crippen LogP contribution >= 0.6 is 10.7 Å². The van der Waals surface area contributed by atoms with Crippen molar-refractivity contribution < 1.29 is 8.42 Å². The molecule has 15 heavy (non-hydrogen) atoms. The largest absolute Gasteiger partial charge is 0.304 e. The van der Waals surface area contributed by atoms with Gasteiger partial charge in [0.15, 0.2) is 0 Å². The summed E-state index contributed by atoms with van der Waals surface area (Å²) in [5.74, 6) is -0.234. The van der Waals surface area contributed by atoms with Crippen LogP contribution in [-0.2, 0) is 14.8 Å². The van der Waals surface area contributed by atoms with Gasteiger partial charge in [0.2, 0.25) is 9.05 Å². The van der Waals surface area contributed by atoms with Crippen molar-refractivity contribution in [3.63, 3.8) is 0 Å². The molecule has 0 saturated carbocycles. The highest BCUT2D eigenvalue weighted by Gasteiger charge is 2.14. The molecule has 80 valence electrons. The maximum Gasteiger partial charge on any atom is 0.238 e. The molecule has 0 aliphatic rings. The molecule has 2 heterocycles. The van der Waals surface area contributed by atoms with Gasteiger partial charge in [-0.2, -0.15) is 0 Å². The summed E-state index contributed by atoms with van der Waals surface area (Å²) in [7, 11) is 1.64. The van der Waals surface area contributed by atoms with Gasteiger partial charge in [-0.05, 0) is 19.1 Å². The summed E-state index contributed by atoms with van der Waals surface area (Å²) in [6, 6.07) is 5.53. The van der Waals surface area contributed by atoms with Crippen LogP contribution in [0.5, 0.6) is 0 Å². The molecule has 0 aliphatic heterocycles. The molecule has 0 N–H and O–H groups in total. The first-order valence-electron chi connectivity index (χ1n) is 4.32. The SMILES string of the molecule is Cc1c(CS(=O)(=O)Cl)nc2ccccn12. The lowest BCUT2D eigenvalue weighted by molar-refractivity contribution is 0.608. The van der Waals surface area contributed by atoms with Crippen molar-refractivity contribution in [3.8, 4) is 0 Å². The van der Waals surface area contributed by atoms with Crippen molar-refractivity contribution >= 4 is 25.4 Å². The highest BCUT2D eigenvalue weighted by atomic mass is 35.7. The maximum atomic E-state index is 10.9. The standard InChI is InChI=1S/C9H9ClN2O2S/c1-7-8(6-15(10,13)14)11-9-4-2-3-5-12(7)9/h2-5H,6H2,1H3. The van der Waals surface area contributed by atoms with E-state index < -0.39 is 9.05 Å². The molecule has 4 nitrogen and oxygen atoms in total. The Balaban J connectivity index is 2.58. The van der Waals surface area contributed by atoms with Crippen LogP contribution in [0.3, 0.4) is 0 Å². The zero-order valence-electron chi connectivity index (χ0n) is 8.01. The molecule has 2 rings (SSSR count). The van der Waals surface area contributed by atoms with Crippen LogP contribution in [0.15, 0.2) is 24.4 Å². The summed E-state index contributed by atoms with van der Waals surface area (Å²) in [4.78, 5) is 4.20. The lowest BCUT2D eigenvalue weighted by atomic mass is 10.4. The van der Waals surface area contributed by atoms with E-state index in [-0.39, 0.29) is 5.75 Å². The third-order valence-electron chi connectivity index (χ3n) is 2.18. The number of imidazole rings is 1. The summed E-state index contributed by atoms with van der Waals surface area (Å²) >= 11 is 0. The number of fused-ring (bicyclic) bond motifs is 1. The molecular weight excluding hydrogens is 236 g/mol. The number of rotatable bonds is 2. The van der Waals surface area contributed by atoms with E-state index >= 15 is 0 Å². The Labute approximate surface area is 91.9 Å². The van der Waals surface area contributed by atoms with E-state index in [1.54, 1.807) is 0 Å². The highest BCUT2D eigenvalue weighted by molar-refractivity contribution is 8.13. The lowest BCUT2D eigenvalue weighted by Gasteiger charge is -1.95. The van der Waals surface area contributed by atoms with Gasteiger partial charge < -0.3 is 4.40 Å². The molecule has 0 saturated heterocycles. The van der Waals surface area contributed by atoms with Crippen molar-refractivity contribution in [1.82, 2.24) is 9.38 Å². The number of hydrogen-bond donors (Lipinski definition) is 0. The molecule has 0 radical (unpaired) electrons. The topological polar surface area (TPSA) is 51.4 Å². The van der Waals surface area contributed by atoms with E-state index in [2.05, 4.69) is 4.98 Å². The van der Waals surface area contributed by atoms with Gasteiger partial charge in [0.05, 0.1) is 5.69 Å². The number of nitrogens with zero attached hydrogens (tertiary/aromatic N) is 2. The molecule has 0 unspecified atom stereocenters. The van der Waals surface area contributed by atoms with Crippen LogP contribution < -0.4 is 0 Å². The maximum absolute atomic E-state index is 10.9. The Bertz CT molecular complexity index is 604. The first kappa shape index (κ1) is 10.4. The molecule has 0 bridgehead atoms. The minimum atomic E-state index is -3.55. The second-order valence-electron chi connectivity index (χ2n) is 3.26. The summed E-state index contributed by atoms with van der Waals surface area (Å²) in [5.41, 5.74) is 2.02. The van der Waals surface area contributed by atoms with Gasteiger partial charge in [0.25, 0.3) is 0 Å². The first-order valence-corrected chi connectivity index (χ1v) is 6.80. The predicted octanol–water partition coefficient (Wildman–Crippen LogP) is 1.71. The zero-order chi connectivity index (χ0) is 11.1. The summed E-state index contributed by atoms with van der Waals surface area (Å²) in [6.07, 6.45) is 1.84. The molecule has 0 aliphatic carbocycles. The predicted molar refractivity (Wildman–Crippen MR) is 58.4 cm³/mol. The fourth-order valence-corrected chi connectivity index (χ4v) is 2.38. The number of halogens is 1.